The molecule has 7 fully saturated rings. The van der Waals surface area contributed by atoms with Gasteiger partial charge in [-0.15, -0.1) is 0 Å². The summed E-state index contributed by atoms with van der Waals surface area (Å²) in [6.45, 7) is 10.1. The van der Waals surface area contributed by atoms with Crippen molar-refractivity contribution in [1.29, 1.82) is 0 Å². The van der Waals surface area contributed by atoms with Crippen molar-refractivity contribution in [1.82, 2.24) is 0 Å². The highest BCUT2D eigenvalue weighted by molar-refractivity contribution is 5.28. The van der Waals surface area contributed by atoms with Crippen LogP contribution in [0, 0.1) is 41.4 Å². The Morgan fingerprint density at radius 2 is 1.58 bits per heavy atom. The van der Waals surface area contributed by atoms with Gasteiger partial charge < -0.3 is 28.4 Å². The lowest BCUT2D eigenvalue weighted by atomic mass is 9.58. The minimum absolute atomic E-state index is 0.00790. The van der Waals surface area contributed by atoms with E-state index in [-0.39, 0.29) is 61.1 Å². The van der Waals surface area contributed by atoms with Gasteiger partial charge in [-0.2, -0.15) is 13.2 Å². The molecule has 14 atom stereocenters. The topological polar surface area (TPSA) is 103 Å². The fourth-order valence-electron chi connectivity index (χ4n) is 10.3. The summed E-state index contributed by atoms with van der Waals surface area (Å²) in [4.78, 5) is 17.1. The van der Waals surface area contributed by atoms with Gasteiger partial charge in [-0.3, -0.25) is 5.26 Å². The lowest BCUT2D eigenvalue weighted by Gasteiger charge is -2.57. The van der Waals surface area contributed by atoms with Gasteiger partial charge in [-0.05, 0) is 76.5 Å². The number of allylic oxidation sites excluding steroid dienone is 1. The van der Waals surface area contributed by atoms with Crippen LogP contribution in [0.1, 0.15) is 86.0 Å². The maximum Gasteiger partial charge on any atom is 0.449 e. The van der Waals surface area contributed by atoms with Gasteiger partial charge in [0.15, 0.2) is 23.8 Å². The smallest absolute Gasteiger partial charge is 0.449 e. The number of ether oxygens (including phenoxy) is 6. The molecule has 0 aromatic carbocycles. The minimum Gasteiger partial charge on any atom is -0.456 e. The van der Waals surface area contributed by atoms with Gasteiger partial charge in [0.1, 0.15) is 0 Å². The molecule has 14 unspecified atom stereocenters. The highest BCUT2D eigenvalue weighted by Gasteiger charge is 2.70. The normalized spacial score (nSPS) is 48.8. The van der Waals surface area contributed by atoms with Crippen molar-refractivity contribution in [3.63, 3.8) is 0 Å². The van der Waals surface area contributed by atoms with Gasteiger partial charge in [0.05, 0.1) is 25.9 Å². The standard InChI is InChI=1S/C35H51F3O10/c1-19-8-11-26-22(4)29(44-30-33(26,46-39)24(19)13-10-21(3)42-30)41-17-7-6-16-40-18-23-27-12-9-20(2)25-14-15-32(5)45-31(34(25,27)48-47-32)43-28(23)35(36,37)38/h6-7,19-22,24-27,29-31,39H,8-18H2,1-5H3. The Kier molecular flexibility index (Phi) is 9.54. The van der Waals surface area contributed by atoms with Gasteiger partial charge in [-0.1, -0.05) is 32.9 Å². The number of alkyl halides is 3. The van der Waals surface area contributed by atoms with Crippen LogP contribution in [-0.2, 0) is 43.1 Å². The van der Waals surface area contributed by atoms with E-state index in [9.17, 15) is 18.4 Å². The summed E-state index contributed by atoms with van der Waals surface area (Å²) >= 11 is 0. The van der Waals surface area contributed by atoms with Gasteiger partial charge in [-0.25, -0.2) is 14.7 Å². The molecule has 8 aliphatic rings. The van der Waals surface area contributed by atoms with Crippen molar-refractivity contribution in [3.8, 4) is 0 Å². The molecule has 2 bridgehead atoms. The Balaban J connectivity index is 0.997. The van der Waals surface area contributed by atoms with Crippen LogP contribution in [0.2, 0.25) is 0 Å². The fourth-order valence-corrected chi connectivity index (χ4v) is 10.3. The average molecular weight is 689 g/mol. The molecule has 6 aliphatic heterocycles. The van der Waals surface area contributed by atoms with Crippen molar-refractivity contribution in [2.24, 2.45) is 41.4 Å². The molecule has 8 rings (SSSR count). The molecule has 48 heavy (non-hydrogen) atoms. The molecule has 13 heteroatoms. The van der Waals surface area contributed by atoms with Crippen molar-refractivity contribution in [2.45, 2.75) is 134 Å². The third kappa shape index (κ3) is 5.67. The molecule has 5 saturated heterocycles. The number of fused-ring (bicyclic) bond motifs is 2. The maximum absolute atomic E-state index is 14.4. The Morgan fingerprint density at radius 3 is 2.35 bits per heavy atom. The monoisotopic (exact) mass is 688 g/mol. The molecule has 0 amide bonds. The lowest BCUT2D eigenvalue weighted by Crippen LogP contribution is -2.67. The zero-order chi connectivity index (χ0) is 34.1. The summed E-state index contributed by atoms with van der Waals surface area (Å²) in [5, 5.41) is 10.3. The predicted molar refractivity (Wildman–Crippen MR) is 162 cm³/mol. The van der Waals surface area contributed by atoms with Crippen molar-refractivity contribution < 1.29 is 61.5 Å². The molecule has 0 aromatic rings. The van der Waals surface area contributed by atoms with Crippen LogP contribution in [0.15, 0.2) is 23.5 Å². The molecular formula is C35H51F3O10. The van der Waals surface area contributed by atoms with Crippen LogP contribution in [0.5, 0.6) is 0 Å². The third-order valence-corrected chi connectivity index (χ3v) is 12.8. The van der Waals surface area contributed by atoms with E-state index >= 15 is 0 Å². The number of hydrogen-bond donors (Lipinski definition) is 1. The Labute approximate surface area is 280 Å². The molecule has 2 aliphatic carbocycles. The zero-order valence-corrected chi connectivity index (χ0v) is 28.5. The first-order valence-electron chi connectivity index (χ1n) is 17.8. The van der Waals surface area contributed by atoms with Crippen LogP contribution in [0.25, 0.3) is 0 Å². The SMILES string of the molecule is CC1CCC2C(C)CCC3C(C)C(OCC=CCOCC4=C(C(F)(F)F)OC5OC6(C)CCC7C(C)CCC4C57OO6)OC(O1)C23OO. The van der Waals surface area contributed by atoms with E-state index in [1.807, 2.05) is 6.92 Å². The summed E-state index contributed by atoms with van der Waals surface area (Å²) in [6.07, 6.45) is 2.27. The molecule has 0 aromatic heterocycles. The van der Waals surface area contributed by atoms with E-state index in [0.29, 0.717) is 25.2 Å². The van der Waals surface area contributed by atoms with Crippen molar-refractivity contribution in [2.75, 3.05) is 19.8 Å². The van der Waals surface area contributed by atoms with E-state index < -0.39 is 53.7 Å². The Morgan fingerprint density at radius 1 is 0.854 bits per heavy atom. The van der Waals surface area contributed by atoms with Gasteiger partial charge in [0.2, 0.25) is 17.8 Å². The Hall–Kier alpha value is -1.29. The fraction of sp³-hybridized carbons (Fsp3) is 0.886. The van der Waals surface area contributed by atoms with Crippen molar-refractivity contribution in [3.05, 3.63) is 23.5 Å². The van der Waals surface area contributed by atoms with Crippen LogP contribution in [-0.4, -0.2) is 73.2 Å². The molecule has 2 saturated carbocycles. The van der Waals surface area contributed by atoms with E-state index in [4.69, 9.17) is 43.1 Å². The number of halogens is 3. The summed E-state index contributed by atoms with van der Waals surface area (Å²) in [5.41, 5.74) is -2.07. The highest BCUT2D eigenvalue weighted by Crippen LogP contribution is 2.61. The van der Waals surface area contributed by atoms with Gasteiger partial charge in [0, 0.05) is 35.7 Å². The van der Waals surface area contributed by atoms with Crippen LogP contribution >= 0.6 is 0 Å². The van der Waals surface area contributed by atoms with E-state index in [0.717, 1.165) is 32.1 Å². The van der Waals surface area contributed by atoms with Crippen molar-refractivity contribution >= 4 is 0 Å². The first-order valence-corrected chi connectivity index (χ1v) is 17.8. The average Bonchev–Trinajstić information content (AvgIpc) is 3.35. The summed E-state index contributed by atoms with van der Waals surface area (Å²) in [6, 6.07) is 0. The third-order valence-electron chi connectivity index (χ3n) is 12.8. The largest absolute Gasteiger partial charge is 0.456 e. The highest BCUT2D eigenvalue weighted by atomic mass is 19.4. The molecular weight excluding hydrogens is 637 g/mol. The number of hydrogen-bond acceptors (Lipinski definition) is 10. The summed E-state index contributed by atoms with van der Waals surface area (Å²) in [7, 11) is 0. The van der Waals surface area contributed by atoms with Crippen LogP contribution in [0.4, 0.5) is 13.2 Å². The van der Waals surface area contributed by atoms with Crippen LogP contribution < -0.4 is 0 Å². The molecule has 1 spiro atoms. The first-order chi connectivity index (χ1) is 22.8. The number of rotatable bonds is 8. The zero-order valence-electron chi connectivity index (χ0n) is 28.5. The van der Waals surface area contributed by atoms with E-state index in [1.165, 1.54) is 0 Å². The molecule has 272 valence electrons. The van der Waals surface area contributed by atoms with E-state index in [1.54, 1.807) is 19.1 Å². The molecule has 0 radical (unpaired) electrons. The van der Waals surface area contributed by atoms with Gasteiger partial charge >= 0.3 is 6.18 Å². The first kappa shape index (κ1) is 35.1. The predicted octanol–water partition coefficient (Wildman–Crippen LogP) is 7.05. The van der Waals surface area contributed by atoms with Crippen LogP contribution in [0.3, 0.4) is 0 Å². The van der Waals surface area contributed by atoms with Gasteiger partial charge in [0.25, 0.3) is 0 Å². The quantitative estimate of drug-likeness (QED) is 0.124. The summed E-state index contributed by atoms with van der Waals surface area (Å²) in [5.74, 6) is -2.30. The minimum atomic E-state index is -4.72. The molecule has 6 heterocycles. The second kappa shape index (κ2) is 13.0. The Bertz CT molecular complexity index is 1250. The second-order valence-corrected chi connectivity index (χ2v) is 15.6. The molecule has 1 N–H and O–H groups in total. The summed E-state index contributed by atoms with van der Waals surface area (Å²) < 4.78 is 79.6. The second-order valence-electron chi connectivity index (χ2n) is 15.6. The molecule has 10 nitrogen and oxygen atoms in total. The maximum atomic E-state index is 14.4. The lowest BCUT2D eigenvalue weighted by molar-refractivity contribution is -0.557. The van der Waals surface area contributed by atoms with E-state index in [2.05, 4.69) is 20.8 Å².